The topological polar surface area (TPSA) is 56.8 Å². The molecule has 28 heavy (non-hydrogen) atoms. The predicted molar refractivity (Wildman–Crippen MR) is 110 cm³/mol. The molecule has 0 fully saturated rings. The van der Waals surface area contributed by atoms with Crippen LogP contribution in [0.3, 0.4) is 0 Å². The van der Waals surface area contributed by atoms with Crippen LogP contribution < -0.4 is 19.5 Å². The van der Waals surface area contributed by atoms with Gasteiger partial charge in [0.05, 0.1) is 27.2 Å². The number of hydrogen-bond acceptors (Lipinski definition) is 4. The van der Waals surface area contributed by atoms with Gasteiger partial charge in [-0.3, -0.25) is 4.79 Å². The van der Waals surface area contributed by atoms with Crippen molar-refractivity contribution in [2.24, 2.45) is 0 Å². The summed E-state index contributed by atoms with van der Waals surface area (Å²) in [5, 5.41) is 5.15. The van der Waals surface area contributed by atoms with Crippen molar-refractivity contribution < 1.29 is 19.0 Å². The minimum absolute atomic E-state index is 0.0438. The molecule has 0 aliphatic heterocycles. The van der Waals surface area contributed by atoms with Crippen molar-refractivity contribution in [1.82, 2.24) is 5.32 Å². The van der Waals surface area contributed by atoms with Crippen molar-refractivity contribution >= 4 is 16.7 Å². The number of carbonyl (C=O) groups is 1. The third kappa shape index (κ3) is 4.19. The van der Waals surface area contributed by atoms with Gasteiger partial charge in [0.1, 0.15) is 17.2 Å². The van der Waals surface area contributed by atoms with Crippen molar-refractivity contribution in [3.05, 3.63) is 65.7 Å². The van der Waals surface area contributed by atoms with E-state index in [9.17, 15) is 4.79 Å². The number of carbonyl (C=O) groups excluding carboxylic acids is 1. The van der Waals surface area contributed by atoms with Gasteiger partial charge in [-0.1, -0.05) is 24.3 Å². The zero-order valence-corrected chi connectivity index (χ0v) is 16.6. The van der Waals surface area contributed by atoms with Crippen LogP contribution in [0.1, 0.15) is 24.0 Å². The standard InChI is InChI=1S/C23H25NO4/c1-15(16-5-6-18-12-20(26-2)8-7-17(18)11-16)23(25)24-14-19-13-21(27-3)9-10-22(19)28-4/h5-13,15H,14H2,1-4H3,(H,24,25). The van der Waals surface area contributed by atoms with Gasteiger partial charge in [-0.2, -0.15) is 0 Å². The zero-order valence-electron chi connectivity index (χ0n) is 16.6. The Morgan fingerprint density at radius 3 is 2.21 bits per heavy atom. The summed E-state index contributed by atoms with van der Waals surface area (Å²) in [6, 6.07) is 17.5. The first-order valence-corrected chi connectivity index (χ1v) is 9.12. The highest BCUT2D eigenvalue weighted by Gasteiger charge is 2.16. The summed E-state index contributed by atoms with van der Waals surface area (Å²) in [5.74, 6) is 1.94. The largest absolute Gasteiger partial charge is 0.497 e. The Bertz CT molecular complexity index is 983. The molecule has 3 rings (SSSR count). The summed E-state index contributed by atoms with van der Waals surface area (Å²) in [7, 11) is 4.88. The van der Waals surface area contributed by atoms with Gasteiger partial charge in [-0.15, -0.1) is 0 Å². The Kier molecular flexibility index (Phi) is 6.04. The highest BCUT2D eigenvalue weighted by molar-refractivity contribution is 5.88. The fraction of sp³-hybridized carbons (Fsp3) is 0.261. The van der Waals surface area contributed by atoms with Crippen LogP contribution >= 0.6 is 0 Å². The van der Waals surface area contributed by atoms with E-state index in [1.54, 1.807) is 21.3 Å². The molecule has 0 radical (unpaired) electrons. The van der Waals surface area contributed by atoms with Crippen LogP contribution in [0.5, 0.6) is 17.2 Å². The molecule has 146 valence electrons. The van der Waals surface area contributed by atoms with Crippen LogP contribution in [0.4, 0.5) is 0 Å². The lowest BCUT2D eigenvalue weighted by molar-refractivity contribution is -0.122. The molecule has 1 atom stereocenters. The maximum Gasteiger partial charge on any atom is 0.227 e. The Morgan fingerprint density at radius 2 is 1.50 bits per heavy atom. The number of fused-ring (bicyclic) bond motifs is 1. The van der Waals surface area contributed by atoms with E-state index in [0.29, 0.717) is 12.3 Å². The SMILES string of the molecule is COc1ccc(OC)c(CNC(=O)C(C)c2ccc3cc(OC)ccc3c2)c1. The highest BCUT2D eigenvalue weighted by atomic mass is 16.5. The molecule has 0 spiro atoms. The van der Waals surface area contributed by atoms with Gasteiger partial charge in [-0.25, -0.2) is 0 Å². The van der Waals surface area contributed by atoms with Crippen molar-refractivity contribution in [3.63, 3.8) is 0 Å². The lowest BCUT2D eigenvalue weighted by Crippen LogP contribution is -2.27. The highest BCUT2D eigenvalue weighted by Crippen LogP contribution is 2.26. The van der Waals surface area contributed by atoms with E-state index in [4.69, 9.17) is 14.2 Å². The van der Waals surface area contributed by atoms with E-state index >= 15 is 0 Å². The van der Waals surface area contributed by atoms with E-state index in [2.05, 4.69) is 5.32 Å². The van der Waals surface area contributed by atoms with Crippen molar-refractivity contribution in [3.8, 4) is 17.2 Å². The van der Waals surface area contributed by atoms with Crippen molar-refractivity contribution in [2.75, 3.05) is 21.3 Å². The average molecular weight is 379 g/mol. The second kappa shape index (κ2) is 8.65. The quantitative estimate of drug-likeness (QED) is 0.665. The van der Waals surface area contributed by atoms with Gasteiger partial charge in [0, 0.05) is 12.1 Å². The van der Waals surface area contributed by atoms with E-state index in [1.807, 2.05) is 61.5 Å². The maximum atomic E-state index is 12.7. The summed E-state index contributed by atoms with van der Waals surface area (Å²) in [4.78, 5) is 12.7. The van der Waals surface area contributed by atoms with Gasteiger partial charge >= 0.3 is 0 Å². The first kappa shape index (κ1) is 19.5. The van der Waals surface area contributed by atoms with Gasteiger partial charge in [0.2, 0.25) is 5.91 Å². The van der Waals surface area contributed by atoms with Crippen molar-refractivity contribution in [1.29, 1.82) is 0 Å². The fourth-order valence-corrected chi connectivity index (χ4v) is 3.15. The zero-order chi connectivity index (χ0) is 20.1. The molecule has 3 aromatic carbocycles. The summed E-state index contributed by atoms with van der Waals surface area (Å²) in [6.45, 7) is 2.27. The van der Waals surface area contributed by atoms with Crippen LogP contribution in [0.15, 0.2) is 54.6 Å². The molecule has 5 heteroatoms. The molecule has 0 saturated heterocycles. The second-order valence-electron chi connectivity index (χ2n) is 6.59. The third-order valence-corrected chi connectivity index (χ3v) is 4.91. The van der Waals surface area contributed by atoms with E-state index in [0.717, 1.165) is 33.4 Å². The van der Waals surface area contributed by atoms with E-state index in [-0.39, 0.29) is 11.8 Å². The minimum Gasteiger partial charge on any atom is -0.497 e. The Balaban J connectivity index is 1.73. The van der Waals surface area contributed by atoms with Crippen LogP contribution in [-0.4, -0.2) is 27.2 Å². The van der Waals surface area contributed by atoms with Crippen LogP contribution in [0, 0.1) is 0 Å². The minimum atomic E-state index is -0.275. The molecule has 3 aromatic rings. The normalized spacial score (nSPS) is 11.7. The number of ether oxygens (including phenoxy) is 3. The van der Waals surface area contributed by atoms with E-state index < -0.39 is 0 Å². The molecule has 0 saturated carbocycles. The monoisotopic (exact) mass is 379 g/mol. The van der Waals surface area contributed by atoms with Crippen molar-refractivity contribution in [2.45, 2.75) is 19.4 Å². The average Bonchev–Trinajstić information content (AvgIpc) is 2.75. The molecule has 5 nitrogen and oxygen atoms in total. The summed E-state index contributed by atoms with van der Waals surface area (Å²) in [6.07, 6.45) is 0. The molecule has 0 bridgehead atoms. The fourth-order valence-electron chi connectivity index (χ4n) is 3.15. The molecule has 0 aromatic heterocycles. The molecule has 0 aliphatic carbocycles. The van der Waals surface area contributed by atoms with Crippen LogP contribution in [0.2, 0.25) is 0 Å². The van der Waals surface area contributed by atoms with Gasteiger partial charge in [0.25, 0.3) is 0 Å². The molecule has 1 unspecified atom stereocenters. The first-order valence-electron chi connectivity index (χ1n) is 9.12. The third-order valence-electron chi connectivity index (χ3n) is 4.91. The maximum absolute atomic E-state index is 12.7. The summed E-state index contributed by atoms with van der Waals surface area (Å²) in [5.41, 5.74) is 1.83. The number of rotatable bonds is 7. The van der Waals surface area contributed by atoms with Gasteiger partial charge < -0.3 is 19.5 Å². The Hall–Kier alpha value is -3.21. The molecular weight excluding hydrogens is 354 g/mol. The lowest BCUT2D eigenvalue weighted by atomic mass is 9.97. The summed E-state index contributed by atoms with van der Waals surface area (Å²) < 4.78 is 15.9. The van der Waals surface area contributed by atoms with Gasteiger partial charge in [0.15, 0.2) is 0 Å². The number of amides is 1. The second-order valence-corrected chi connectivity index (χ2v) is 6.59. The number of benzene rings is 3. The summed E-state index contributed by atoms with van der Waals surface area (Å²) >= 11 is 0. The molecular formula is C23H25NO4. The van der Waals surface area contributed by atoms with E-state index in [1.165, 1.54) is 0 Å². The lowest BCUT2D eigenvalue weighted by Gasteiger charge is -2.15. The number of methoxy groups -OCH3 is 3. The molecule has 0 heterocycles. The Morgan fingerprint density at radius 1 is 0.857 bits per heavy atom. The number of hydrogen-bond donors (Lipinski definition) is 1. The Labute approximate surface area is 165 Å². The first-order chi connectivity index (χ1) is 13.5. The van der Waals surface area contributed by atoms with Gasteiger partial charge in [-0.05, 0) is 53.6 Å². The number of nitrogens with one attached hydrogen (secondary N) is 1. The molecule has 1 amide bonds. The molecule has 0 aliphatic rings. The smallest absolute Gasteiger partial charge is 0.227 e. The van der Waals surface area contributed by atoms with Crippen LogP contribution in [0.25, 0.3) is 10.8 Å². The van der Waals surface area contributed by atoms with Crippen LogP contribution in [-0.2, 0) is 11.3 Å². The predicted octanol–water partition coefficient (Wildman–Crippen LogP) is 4.29. The molecule has 1 N–H and O–H groups in total.